The van der Waals surface area contributed by atoms with Crippen LogP contribution in [0.15, 0.2) is 89.9 Å². The highest BCUT2D eigenvalue weighted by molar-refractivity contribution is 6.02. The van der Waals surface area contributed by atoms with Crippen LogP contribution in [-0.2, 0) is 20.1 Å². The summed E-state index contributed by atoms with van der Waals surface area (Å²) in [5.41, 5.74) is 12.2. The van der Waals surface area contributed by atoms with E-state index < -0.39 is 6.23 Å². The van der Waals surface area contributed by atoms with E-state index in [4.69, 9.17) is 5.73 Å². The number of aliphatic hydroxyl groups excluding tert-OH is 1. The average Bonchev–Trinajstić information content (AvgIpc) is 3.41. The standard InChI is InChI=1S/C32H34N6O3/c1-37(2)18-21-10-12-22(13-11-21)25-19-38(3)32(41)29-24(25)16-28(35-29)31(40)34-17-20-8-14-23(15-9-20)30(39)36-27-7-5-4-6-26(27)33/h4-16,19,30,35-36,39H,17-18,33H2,1-3H3,(H,34,40). The van der Waals surface area contributed by atoms with Gasteiger partial charge in [-0.3, -0.25) is 9.59 Å². The molecule has 2 aromatic heterocycles. The number of aromatic nitrogens is 2. The number of benzene rings is 3. The maximum Gasteiger partial charge on any atom is 0.274 e. The monoisotopic (exact) mass is 550 g/mol. The minimum absolute atomic E-state index is 0.202. The summed E-state index contributed by atoms with van der Waals surface area (Å²) in [4.78, 5) is 31.1. The fourth-order valence-electron chi connectivity index (χ4n) is 4.80. The number of nitrogens with one attached hydrogen (secondary N) is 3. The van der Waals surface area contributed by atoms with Crippen LogP contribution in [0, 0.1) is 0 Å². The molecule has 0 aliphatic carbocycles. The zero-order valence-electron chi connectivity index (χ0n) is 23.3. The molecule has 0 bridgehead atoms. The van der Waals surface area contributed by atoms with Gasteiger partial charge >= 0.3 is 0 Å². The summed E-state index contributed by atoms with van der Waals surface area (Å²) in [6.45, 7) is 1.11. The van der Waals surface area contributed by atoms with Crippen LogP contribution in [0.25, 0.3) is 22.0 Å². The molecule has 5 aromatic rings. The molecule has 0 saturated heterocycles. The molecule has 1 unspecified atom stereocenters. The van der Waals surface area contributed by atoms with E-state index in [0.29, 0.717) is 33.5 Å². The van der Waals surface area contributed by atoms with E-state index in [1.165, 1.54) is 10.1 Å². The number of amides is 1. The molecule has 3 aromatic carbocycles. The smallest absolute Gasteiger partial charge is 0.274 e. The Kier molecular flexibility index (Phi) is 7.91. The quantitative estimate of drug-likeness (QED) is 0.138. The van der Waals surface area contributed by atoms with E-state index in [0.717, 1.165) is 23.2 Å². The normalized spacial score (nSPS) is 12.0. The van der Waals surface area contributed by atoms with E-state index >= 15 is 0 Å². The number of aromatic amines is 1. The maximum atomic E-state index is 13.1. The van der Waals surface area contributed by atoms with E-state index in [1.54, 1.807) is 43.6 Å². The summed E-state index contributed by atoms with van der Waals surface area (Å²) in [6.07, 6.45) is 0.869. The van der Waals surface area contributed by atoms with Crippen LogP contribution in [0.3, 0.4) is 0 Å². The van der Waals surface area contributed by atoms with Gasteiger partial charge in [0.25, 0.3) is 11.5 Å². The first-order valence-corrected chi connectivity index (χ1v) is 13.3. The summed E-state index contributed by atoms with van der Waals surface area (Å²) in [6, 6.07) is 24.4. The minimum Gasteiger partial charge on any atom is -0.397 e. The van der Waals surface area contributed by atoms with Gasteiger partial charge in [-0.1, -0.05) is 60.7 Å². The molecule has 0 fully saturated rings. The number of para-hydroxylation sites is 2. The largest absolute Gasteiger partial charge is 0.397 e. The van der Waals surface area contributed by atoms with Crippen molar-refractivity contribution in [3.63, 3.8) is 0 Å². The van der Waals surface area contributed by atoms with Crippen molar-refractivity contribution < 1.29 is 9.90 Å². The number of pyridine rings is 1. The number of fused-ring (bicyclic) bond motifs is 1. The van der Waals surface area contributed by atoms with Gasteiger partial charge in [-0.2, -0.15) is 0 Å². The van der Waals surface area contributed by atoms with Crippen LogP contribution in [0.1, 0.15) is 33.4 Å². The molecule has 9 heteroatoms. The molecule has 2 heterocycles. The van der Waals surface area contributed by atoms with Gasteiger partial charge in [0.15, 0.2) is 6.23 Å². The highest BCUT2D eigenvalue weighted by Crippen LogP contribution is 2.28. The summed E-state index contributed by atoms with van der Waals surface area (Å²) in [5, 5.41) is 17.2. The van der Waals surface area contributed by atoms with Gasteiger partial charge in [-0.05, 0) is 49.0 Å². The molecule has 0 aliphatic rings. The zero-order valence-corrected chi connectivity index (χ0v) is 23.3. The molecule has 0 spiro atoms. The van der Waals surface area contributed by atoms with Gasteiger partial charge < -0.3 is 35.9 Å². The first-order valence-electron chi connectivity index (χ1n) is 13.3. The average molecular weight is 551 g/mol. The lowest BCUT2D eigenvalue weighted by molar-refractivity contribution is 0.0946. The number of carbonyl (C=O) groups is 1. The Morgan fingerprint density at radius 3 is 2.39 bits per heavy atom. The number of aliphatic hydroxyl groups is 1. The van der Waals surface area contributed by atoms with Crippen molar-refractivity contribution >= 4 is 28.2 Å². The lowest BCUT2D eigenvalue weighted by atomic mass is 10.0. The van der Waals surface area contributed by atoms with Gasteiger partial charge in [-0.15, -0.1) is 0 Å². The Labute approximate surface area is 238 Å². The summed E-state index contributed by atoms with van der Waals surface area (Å²) in [7, 11) is 5.76. The molecule has 0 radical (unpaired) electrons. The lowest BCUT2D eigenvalue weighted by Gasteiger charge is -2.16. The Hall–Kier alpha value is -4.86. The Morgan fingerprint density at radius 1 is 1.02 bits per heavy atom. The molecule has 210 valence electrons. The third kappa shape index (κ3) is 6.16. The third-order valence-corrected chi connectivity index (χ3v) is 6.97. The summed E-state index contributed by atoms with van der Waals surface area (Å²) >= 11 is 0. The first-order chi connectivity index (χ1) is 19.7. The van der Waals surface area contributed by atoms with Crippen LogP contribution < -0.4 is 21.9 Å². The van der Waals surface area contributed by atoms with Gasteiger partial charge in [0, 0.05) is 42.8 Å². The predicted molar refractivity (Wildman–Crippen MR) is 163 cm³/mol. The molecule has 0 saturated carbocycles. The number of carbonyl (C=O) groups excluding carboxylic acids is 1. The van der Waals surface area contributed by atoms with Crippen LogP contribution >= 0.6 is 0 Å². The number of hydrogen-bond donors (Lipinski definition) is 5. The second-order valence-corrected chi connectivity index (χ2v) is 10.4. The van der Waals surface area contributed by atoms with Gasteiger partial charge in [0.2, 0.25) is 0 Å². The number of rotatable bonds is 9. The number of nitrogens with two attached hydrogens (primary N) is 1. The van der Waals surface area contributed by atoms with Crippen molar-refractivity contribution in [3.05, 3.63) is 118 Å². The number of aryl methyl sites for hydroxylation is 1. The fraction of sp³-hybridized carbons (Fsp3) is 0.188. The highest BCUT2D eigenvalue weighted by Gasteiger charge is 2.17. The first kappa shape index (κ1) is 27.7. The summed E-state index contributed by atoms with van der Waals surface area (Å²) in [5.74, 6) is -0.319. The molecule has 9 nitrogen and oxygen atoms in total. The van der Waals surface area contributed by atoms with Crippen molar-refractivity contribution in [3.8, 4) is 11.1 Å². The highest BCUT2D eigenvalue weighted by atomic mass is 16.3. The van der Waals surface area contributed by atoms with Crippen molar-refractivity contribution in [1.29, 1.82) is 0 Å². The predicted octanol–water partition coefficient (Wildman–Crippen LogP) is 4.21. The summed E-state index contributed by atoms with van der Waals surface area (Å²) < 4.78 is 1.53. The molecule has 1 atom stereocenters. The lowest BCUT2D eigenvalue weighted by Crippen LogP contribution is -2.23. The SMILES string of the molecule is CN(C)Cc1ccc(-c2cn(C)c(=O)c3[nH]c(C(=O)NCc4ccc(C(O)Nc5ccccc5N)cc4)cc23)cc1. The second kappa shape index (κ2) is 11.7. The molecule has 1 amide bonds. The maximum absolute atomic E-state index is 13.1. The number of hydrogen-bond acceptors (Lipinski definition) is 6. The van der Waals surface area contributed by atoms with Crippen molar-refractivity contribution in [2.75, 3.05) is 25.1 Å². The molecule has 41 heavy (non-hydrogen) atoms. The zero-order chi connectivity index (χ0) is 29.1. The van der Waals surface area contributed by atoms with E-state index in [9.17, 15) is 14.7 Å². The molecule has 0 aliphatic heterocycles. The molecular formula is C32H34N6O3. The van der Waals surface area contributed by atoms with Gasteiger partial charge in [0.1, 0.15) is 11.2 Å². The van der Waals surface area contributed by atoms with Crippen LogP contribution in [0.4, 0.5) is 11.4 Å². The minimum atomic E-state index is -0.935. The van der Waals surface area contributed by atoms with Gasteiger partial charge in [-0.25, -0.2) is 0 Å². The van der Waals surface area contributed by atoms with Crippen molar-refractivity contribution in [2.24, 2.45) is 7.05 Å². The van der Waals surface area contributed by atoms with E-state index in [2.05, 4.69) is 32.7 Å². The Morgan fingerprint density at radius 2 is 1.71 bits per heavy atom. The second-order valence-electron chi connectivity index (χ2n) is 10.4. The fourth-order valence-corrected chi connectivity index (χ4v) is 4.80. The Balaban J connectivity index is 1.30. The number of H-pyrrole nitrogens is 1. The topological polar surface area (TPSA) is 128 Å². The van der Waals surface area contributed by atoms with E-state index in [1.807, 2.05) is 50.5 Å². The van der Waals surface area contributed by atoms with E-state index in [-0.39, 0.29) is 18.0 Å². The van der Waals surface area contributed by atoms with Crippen LogP contribution in [0.5, 0.6) is 0 Å². The van der Waals surface area contributed by atoms with Crippen LogP contribution in [0.2, 0.25) is 0 Å². The van der Waals surface area contributed by atoms with Gasteiger partial charge in [0.05, 0.1) is 11.4 Å². The van der Waals surface area contributed by atoms with Crippen LogP contribution in [-0.4, -0.2) is 39.6 Å². The number of nitrogen functional groups attached to an aromatic ring is 1. The van der Waals surface area contributed by atoms with Crippen molar-refractivity contribution in [2.45, 2.75) is 19.3 Å². The molecule has 6 N–H and O–H groups in total. The number of nitrogens with zero attached hydrogens (tertiary/aromatic N) is 2. The third-order valence-electron chi connectivity index (χ3n) is 6.97. The van der Waals surface area contributed by atoms with Crippen molar-refractivity contribution in [1.82, 2.24) is 19.8 Å². The molecular weight excluding hydrogens is 516 g/mol. The Bertz CT molecular complexity index is 1740. The molecule has 5 rings (SSSR count). The number of anilines is 2.